The predicted octanol–water partition coefficient (Wildman–Crippen LogP) is 5.62. The Morgan fingerprint density at radius 3 is 2.77 bits per heavy atom. The first-order chi connectivity index (χ1) is 14.3. The van der Waals surface area contributed by atoms with Gasteiger partial charge in [-0.1, -0.05) is 32.4 Å². The maximum absolute atomic E-state index is 10.2. The summed E-state index contributed by atoms with van der Waals surface area (Å²) in [6.07, 6.45) is 13.0. The zero-order valence-electron chi connectivity index (χ0n) is 19.5. The topological polar surface area (TPSA) is 49.7 Å². The molecule has 1 aliphatic heterocycles. The van der Waals surface area contributed by atoms with Crippen LogP contribution in [0, 0.1) is 40.4 Å². The van der Waals surface area contributed by atoms with Crippen molar-refractivity contribution in [3.63, 3.8) is 0 Å². The molecule has 5 rings (SSSR count). The third kappa shape index (κ3) is 2.98. The van der Waals surface area contributed by atoms with Crippen LogP contribution in [0.2, 0.25) is 0 Å². The van der Waals surface area contributed by atoms with Gasteiger partial charge in [-0.25, -0.2) is 0 Å². The fourth-order valence-electron chi connectivity index (χ4n) is 8.69. The fraction of sp³-hybridized carbons (Fsp3) is 0.852. The normalized spacial score (nSPS) is 48.3. The van der Waals surface area contributed by atoms with Crippen LogP contribution in [0.5, 0.6) is 0 Å². The molecule has 0 aromatic heterocycles. The number of allylic oxidation sites excluding steroid dienone is 2. The molecule has 0 unspecified atom stereocenters. The van der Waals surface area contributed by atoms with Gasteiger partial charge in [-0.3, -0.25) is 0 Å². The summed E-state index contributed by atoms with van der Waals surface area (Å²) in [5.41, 5.74) is 3.78. The maximum atomic E-state index is 10.2. The molecule has 0 radical (unpaired) electrons. The molecule has 3 saturated carbocycles. The molecule has 0 bridgehead atoms. The van der Waals surface area contributed by atoms with E-state index in [0.717, 1.165) is 43.4 Å². The molecule has 168 valence electrons. The second kappa shape index (κ2) is 7.37. The van der Waals surface area contributed by atoms with E-state index in [1.807, 2.05) is 0 Å². The van der Waals surface area contributed by atoms with Gasteiger partial charge in [-0.05, 0) is 98.4 Å². The first-order valence-electron chi connectivity index (χ1n) is 12.6. The van der Waals surface area contributed by atoms with Crippen molar-refractivity contribution in [2.24, 2.45) is 40.4 Å². The number of hydrogen-bond acceptors (Lipinski definition) is 3. The molecule has 1 heterocycles. The van der Waals surface area contributed by atoms with Crippen LogP contribution in [-0.4, -0.2) is 29.0 Å². The van der Waals surface area contributed by atoms with Gasteiger partial charge in [0.1, 0.15) is 6.10 Å². The minimum atomic E-state index is -0.117. The van der Waals surface area contributed by atoms with Crippen LogP contribution in [-0.2, 0) is 4.74 Å². The summed E-state index contributed by atoms with van der Waals surface area (Å²) in [7, 11) is 0. The number of aliphatic hydroxyl groups is 2. The van der Waals surface area contributed by atoms with E-state index in [-0.39, 0.29) is 12.7 Å². The molecule has 3 fully saturated rings. The standard InChI is InChI=1S/C27H42O3/c1-16(15-28)5-8-23-17(2)25-24(30-23)14-22-20-7-6-18-13-19(29)9-11-26(18,3)21(20)10-12-27(22,25)4/h6,16,19-22,24-25,28-29H,5,7-15H2,1-4H3/t16-,19+,20+,21-,22-,24-,25-,26-,27-/m0/s1. The second-order valence-electron chi connectivity index (χ2n) is 12.0. The molecule has 5 aliphatic rings. The van der Waals surface area contributed by atoms with Crippen molar-refractivity contribution in [3.8, 4) is 0 Å². The molecule has 4 aliphatic carbocycles. The molecule has 30 heavy (non-hydrogen) atoms. The van der Waals surface area contributed by atoms with Crippen LogP contribution in [0.3, 0.4) is 0 Å². The zero-order chi connectivity index (χ0) is 21.3. The van der Waals surface area contributed by atoms with Crippen molar-refractivity contribution in [2.75, 3.05) is 6.61 Å². The Kier molecular flexibility index (Phi) is 5.18. The lowest BCUT2D eigenvalue weighted by molar-refractivity contribution is -0.0454. The summed E-state index contributed by atoms with van der Waals surface area (Å²) in [4.78, 5) is 0. The third-order valence-corrected chi connectivity index (χ3v) is 10.5. The van der Waals surface area contributed by atoms with Crippen LogP contribution >= 0.6 is 0 Å². The van der Waals surface area contributed by atoms with E-state index in [9.17, 15) is 10.2 Å². The van der Waals surface area contributed by atoms with Gasteiger partial charge < -0.3 is 14.9 Å². The number of hydrogen-bond donors (Lipinski definition) is 2. The van der Waals surface area contributed by atoms with Gasteiger partial charge >= 0.3 is 0 Å². The summed E-state index contributed by atoms with van der Waals surface area (Å²) in [5.74, 6) is 4.52. The third-order valence-electron chi connectivity index (χ3n) is 10.5. The number of fused-ring (bicyclic) bond motifs is 7. The average molecular weight is 415 g/mol. The first kappa shape index (κ1) is 21.1. The monoisotopic (exact) mass is 414 g/mol. The Bertz CT molecular complexity index is 753. The van der Waals surface area contributed by atoms with E-state index >= 15 is 0 Å². The molecule has 9 atom stereocenters. The summed E-state index contributed by atoms with van der Waals surface area (Å²) in [6.45, 7) is 9.83. The van der Waals surface area contributed by atoms with Gasteiger partial charge in [-0.15, -0.1) is 0 Å². The minimum absolute atomic E-state index is 0.117. The molecular weight excluding hydrogens is 372 g/mol. The first-order valence-corrected chi connectivity index (χ1v) is 12.6. The van der Waals surface area contributed by atoms with E-state index in [1.54, 1.807) is 5.57 Å². The maximum Gasteiger partial charge on any atom is 0.106 e. The number of aliphatic hydroxyl groups excluding tert-OH is 2. The highest BCUT2D eigenvalue weighted by atomic mass is 16.5. The van der Waals surface area contributed by atoms with E-state index in [0.29, 0.717) is 28.8 Å². The number of ether oxygens (including phenoxy) is 1. The van der Waals surface area contributed by atoms with Crippen LogP contribution in [0.1, 0.15) is 85.5 Å². The Morgan fingerprint density at radius 1 is 1.20 bits per heavy atom. The van der Waals surface area contributed by atoms with E-state index in [2.05, 4.69) is 33.8 Å². The van der Waals surface area contributed by atoms with Gasteiger partial charge in [0.05, 0.1) is 11.9 Å². The lowest BCUT2D eigenvalue weighted by Gasteiger charge is -2.57. The largest absolute Gasteiger partial charge is 0.494 e. The van der Waals surface area contributed by atoms with Crippen LogP contribution in [0.25, 0.3) is 0 Å². The molecule has 0 saturated heterocycles. The quantitative estimate of drug-likeness (QED) is 0.587. The van der Waals surface area contributed by atoms with Gasteiger partial charge in [0, 0.05) is 18.9 Å². The van der Waals surface area contributed by atoms with Crippen molar-refractivity contribution in [3.05, 3.63) is 23.0 Å². The van der Waals surface area contributed by atoms with Gasteiger partial charge in [-0.2, -0.15) is 0 Å². The van der Waals surface area contributed by atoms with Crippen molar-refractivity contribution in [1.29, 1.82) is 0 Å². The van der Waals surface area contributed by atoms with Crippen molar-refractivity contribution < 1.29 is 14.9 Å². The molecule has 0 amide bonds. The minimum Gasteiger partial charge on any atom is -0.494 e. The highest BCUT2D eigenvalue weighted by molar-refractivity contribution is 5.30. The molecule has 0 aromatic carbocycles. The fourth-order valence-corrected chi connectivity index (χ4v) is 8.69. The highest BCUT2D eigenvalue weighted by Gasteiger charge is 2.63. The molecular formula is C27H42O3. The Balaban J connectivity index is 1.38. The molecule has 3 heteroatoms. The van der Waals surface area contributed by atoms with E-state index in [4.69, 9.17) is 4.74 Å². The van der Waals surface area contributed by atoms with E-state index in [1.165, 1.54) is 43.4 Å². The Morgan fingerprint density at radius 2 is 2.00 bits per heavy atom. The molecule has 0 aromatic rings. The van der Waals surface area contributed by atoms with Crippen molar-refractivity contribution in [2.45, 2.75) is 97.7 Å². The summed E-state index contributed by atoms with van der Waals surface area (Å²) in [5, 5.41) is 19.6. The smallest absolute Gasteiger partial charge is 0.106 e. The van der Waals surface area contributed by atoms with Crippen molar-refractivity contribution in [1.82, 2.24) is 0 Å². The molecule has 3 nitrogen and oxygen atoms in total. The SMILES string of the molecule is CC1=C(CC[C@H](C)CO)O[C@H]2C[C@H]3[C@@H]4CC=C5C[C@H](O)CC[C@]5(C)[C@H]4CC[C@]3(C)[C@@H]12. The van der Waals surface area contributed by atoms with Gasteiger partial charge in [0.15, 0.2) is 0 Å². The number of rotatable bonds is 4. The Labute approximate surface area is 183 Å². The van der Waals surface area contributed by atoms with Crippen LogP contribution in [0.15, 0.2) is 23.0 Å². The lowest BCUT2D eigenvalue weighted by atomic mass is 9.47. The van der Waals surface area contributed by atoms with Crippen molar-refractivity contribution >= 4 is 0 Å². The summed E-state index contributed by atoms with van der Waals surface area (Å²) >= 11 is 0. The predicted molar refractivity (Wildman–Crippen MR) is 120 cm³/mol. The van der Waals surface area contributed by atoms with E-state index < -0.39 is 0 Å². The van der Waals surface area contributed by atoms with Crippen LogP contribution < -0.4 is 0 Å². The molecule has 2 N–H and O–H groups in total. The van der Waals surface area contributed by atoms with Gasteiger partial charge in [0.25, 0.3) is 0 Å². The molecule has 0 spiro atoms. The zero-order valence-corrected chi connectivity index (χ0v) is 19.5. The summed E-state index contributed by atoms with van der Waals surface area (Å²) < 4.78 is 6.62. The van der Waals surface area contributed by atoms with Crippen LogP contribution in [0.4, 0.5) is 0 Å². The van der Waals surface area contributed by atoms with Gasteiger partial charge in [0.2, 0.25) is 0 Å². The lowest BCUT2D eigenvalue weighted by Crippen LogP contribution is -2.50. The highest BCUT2D eigenvalue weighted by Crippen LogP contribution is 2.68. The average Bonchev–Trinajstić information content (AvgIpc) is 3.20. The second-order valence-corrected chi connectivity index (χ2v) is 12.0. The summed E-state index contributed by atoms with van der Waals surface area (Å²) in [6, 6.07) is 0. The Hall–Kier alpha value is -0.800.